The van der Waals surface area contributed by atoms with Crippen LogP contribution in [0.2, 0.25) is 0 Å². The molecule has 2 aromatic rings. The number of amides is 1. The lowest BCUT2D eigenvalue weighted by molar-refractivity contribution is -0.120. The topological polar surface area (TPSA) is 32.8 Å². The van der Waals surface area contributed by atoms with Gasteiger partial charge in [-0.3, -0.25) is 4.79 Å². The first kappa shape index (κ1) is 17.3. The van der Waals surface area contributed by atoms with Crippen LogP contribution in [0.3, 0.4) is 0 Å². The summed E-state index contributed by atoms with van der Waals surface area (Å²) < 4.78 is 5.72. The number of nitrogens with zero attached hydrogens (tertiary/aromatic N) is 2. The standard InChI is InChI=1S/C21H26N2O2/c1-4-17-10-12-18(13-11-17)25-15-21(24)23-14-16(3)22(5-2)19-8-6-7-9-20(19)23/h6-13,16H,4-5,14-15H2,1-3H3. The quantitative estimate of drug-likeness (QED) is 0.829. The number of anilines is 2. The molecule has 1 heterocycles. The molecule has 1 atom stereocenters. The molecule has 0 spiro atoms. The minimum Gasteiger partial charge on any atom is -0.484 e. The first-order valence-corrected chi connectivity index (χ1v) is 9.01. The molecule has 1 aliphatic heterocycles. The van der Waals surface area contributed by atoms with Crippen LogP contribution in [0.25, 0.3) is 0 Å². The molecule has 0 radical (unpaired) electrons. The molecule has 0 saturated heterocycles. The lowest BCUT2D eigenvalue weighted by Gasteiger charge is -2.41. The van der Waals surface area contributed by atoms with Gasteiger partial charge in [-0.1, -0.05) is 31.2 Å². The Morgan fingerprint density at radius 2 is 1.76 bits per heavy atom. The van der Waals surface area contributed by atoms with Gasteiger partial charge in [-0.25, -0.2) is 0 Å². The molecule has 0 N–H and O–H groups in total. The Kier molecular flexibility index (Phi) is 5.27. The average molecular weight is 338 g/mol. The van der Waals surface area contributed by atoms with Crippen molar-refractivity contribution < 1.29 is 9.53 Å². The second-order valence-corrected chi connectivity index (χ2v) is 6.41. The first-order chi connectivity index (χ1) is 12.1. The largest absolute Gasteiger partial charge is 0.484 e. The minimum atomic E-state index is -0.00498. The van der Waals surface area contributed by atoms with Gasteiger partial charge in [-0.2, -0.15) is 0 Å². The van der Waals surface area contributed by atoms with Gasteiger partial charge in [0.2, 0.25) is 0 Å². The highest BCUT2D eigenvalue weighted by atomic mass is 16.5. The van der Waals surface area contributed by atoms with E-state index in [1.54, 1.807) is 0 Å². The van der Waals surface area contributed by atoms with E-state index >= 15 is 0 Å². The zero-order valence-corrected chi connectivity index (χ0v) is 15.2. The maximum Gasteiger partial charge on any atom is 0.265 e. The summed E-state index contributed by atoms with van der Waals surface area (Å²) in [7, 11) is 0. The van der Waals surface area contributed by atoms with E-state index in [1.807, 2.05) is 47.4 Å². The van der Waals surface area contributed by atoms with Crippen molar-refractivity contribution in [3.05, 3.63) is 54.1 Å². The number of carbonyl (C=O) groups is 1. The Balaban J connectivity index is 1.73. The van der Waals surface area contributed by atoms with Crippen LogP contribution in [0.5, 0.6) is 5.75 Å². The summed E-state index contributed by atoms with van der Waals surface area (Å²) in [5.74, 6) is 0.730. The zero-order chi connectivity index (χ0) is 17.8. The highest BCUT2D eigenvalue weighted by molar-refractivity contribution is 5.99. The molecule has 1 unspecified atom stereocenters. The SMILES string of the molecule is CCc1ccc(OCC(=O)N2CC(C)N(CC)c3ccccc32)cc1. The van der Waals surface area contributed by atoms with E-state index < -0.39 is 0 Å². The van der Waals surface area contributed by atoms with Gasteiger partial charge in [0, 0.05) is 19.1 Å². The maximum atomic E-state index is 12.8. The molecule has 0 aliphatic carbocycles. The van der Waals surface area contributed by atoms with Crippen LogP contribution in [0, 0.1) is 0 Å². The van der Waals surface area contributed by atoms with Crippen molar-refractivity contribution in [1.82, 2.24) is 0 Å². The smallest absolute Gasteiger partial charge is 0.265 e. The second-order valence-electron chi connectivity index (χ2n) is 6.41. The Morgan fingerprint density at radius 3 is 2.40 bits per heavy atom. The fraction of sp³-hybridized carbons (Fsp3) is 0.381. The third-order valence-corrected chi connectivity index (χ3v) is 4.80. The lowest BCUT2D eigenvalue weighted by Crippen LogP contribution is -2.50. The highest BCUT2D eigenvalue weighted by Gasteiger charge is 2.30. The summed E-state index contributed by atoms with van der Waals surface area (Å²) in [5.41, 5.74) is 3.35. The van der Waals surface area contributed by atoms with E-state index in [-0.39, 0.29) is 18.6 Å². The van der Waals surface area contributed by atoms with Crippen molar-refractivity contribution in [3.63, 3.8) is 0 Å². The van der Waals surface area contributed by atoms with Crippen molar-refractivity contribution >= 4 is 17.3 Å². The summed E-state index contributed by atoms with van der Waals surface area (Å²) in [5, 5.41) is 0. The van der Waals surface area contributed by atoms with Gasteiger partial charge in [0.25, 0.3) is 5.91 Å². The summed E-state index contributed by atoms with van der Waals surface area (Å²) in [6, 6.07) is 16.3. The number of benzene rings is 2. The molecule has 3 rings (SSSR count). The lowest BCUT2D eigenvalue weighted by atomic mass is 10.1. The number of para-hydroxylation sites is 2. The molecule has 0 saturated carbocycles. The van der Waals surface area contributed by atoms with E-state index in [2.05, 4.69) is 31.7 Å². The van der Waals surface area contributed by atoms with Gasteiger partial charge >= 0.3 is 0 Å². The van der Waals surface area contributed by atoms with Gasteiger partial charge in [0.05, 0.1) is 11.4 Å². The monoisotopic (exact) mass is 338 g/mol. The normalized spacial score (nSPS) is 16.5. The number of hydrogen-bond donors (Lipinski definition) is 0. The molecule has 0 aromatic heterocycles. The van der Waals surface area contributed by atoms with Crippen molar-refractivity contribution in [2.24, 2.45) is 0 Å². The van der Waals surface area contributed by atoms with E-state index in [0.717, 1.165) is 30.1 Å². The molecule has 25 heavy (non-hydrogen) atoms. The number of aryl methyl sites for hydroxylation is 1. The van der Waals surface area contributed by atoms with Crippen LogP contribution in [0.1, 0.15) is 26.3 Å². The van der Waals surface area contributed by atoms with Crippen molar-refractivity contribution in [1.29, 1.82) is 0 Å². The third-order valence-electron chi connectivity index (χ3n) is 4.80. The number of ether oxygens (including phenoxy) is 1. The van der Waals surface area contributed by atoms with E-state index in [1.165, 1.54) is 5.56 Å². The van der Waals surface area contributed by atoms with E-state index in [0.29, 0.717) is 6.54 Å². The molecule has 4 nitrogen and oxygen atoms in total. The summed E-state index contributed by atoms with van der Waals surface area (Å²) in [6.45, 7) is 8.09. The van der Waals surface area contributed by atoms with Crippen molar-refractivity contribution in [2.45, 2.75) is 33.2 Å². The Morgan fingerprint density at radius 1 is 1.08 bits per heavy atom. The number of fused-ring (bicyclic) bond motifs is 1. The van der Waals surface area contributed by atoms with Crippen molar-refractivity contribution in [2.75, 3.05) is 29.5 Å². The fourth-order valence-electron chi connectivity index (χ4n) is 3.40. The van der Waals surface area contributed by atoms with Gasteiger partial charge in [0.1, 0.15) is 5.75 Å². The second kappa shape index (κ2) is 7.60. The fourth-order valence-corrected chi connectivity index (χ4v) is 3.40. The minimum absolute atomic E-state index is 0.00498. The Hall–Kier alpha value is -2.49. The van der Waals surface area contributed by atoms with Gasteiger partial charge in [-0.15, -0.1) is 0 Å². The van der Waals surface area contributed by atoms with Crippen LogP contribution in [-0.2, 0) is 11.2 Å². The molecule has 1 amide bonds. The molecule has 132 valence electrons. The summed E-state index contributed by atoms with van der Waals surface area (Å²) in [4.78, 5) is 17.0. The molecule has 0 bridgehead atoms. The number of rotatable bonds is 5. The average Bonchev–Trinajstić information content (AvgIpc) is 2.66. The van der Waals surface area contributed by atoms with Crippen LogP contribution in [0.15, 0.2) is 48.5 Å². The summed E-state index contributed by atoms with van der Waals surface area (Å²) in [6.07, 6.45) is 0.996. The van der Waals surface area contributed by atoms with Gasteiger partial charge in [-0.05, 0) is 50.1 Å². The number of hydrogen-bond acceptors (Lipinski definition) is 3. The predicted octanol–water partition coefficient (Wildman–Crippen LogP) is 3.89. The summed E-state index contributed by atoms with van der Waals surface area (Å²) >= 11 is 0. The molecule has 4 heteroatoms. The highest BCUT2D eigenvalue weighted by Crippen LogP contribution is 2.35. The first-order valence-electron chi connectivity index (χ1n) is 9.01. The molecule has 2 aromatic carbocycles. The number of likely N-dealkylation sites (N-methyl/N-ethyl adjacent to an activating group) is 1. The van der Waals surface area contributed by atoms with E-state index in [9.17, 15) is 4.79 Å². The number of carbonyl (C=O) groups excluding carboxylic acids is 1. The van der Waals surface area contributed by atoms with Crippen LogP contribution in [-0.4, -0.2) is 31.6 Å². The zero-order valence-electron chi connectivity index (χ0n) is 15.2. The van der Waals surface area contributed by atoms with E-state index in [4.69, 9.17) is 4.74 Å². The molecular formula is C21H26N2O2. The Labute approximate surface area is 150 Å². The predicted molar refractivity (Wildman–Crippen MR) is 103 cm³/mol. The van der Waals surface area contributed by atoms with Crippen molar-refractivity contribution in [3.8, 4) is 5.75 Å². The third kappa shape index (κ3) is 3.63. The van der Waals surface area contributed by atoms with Crippen LogP contribution >= 0.6 is 0 Å². The van der Waals surface area contributed by atoms with Gasteiger partial charge in [0.15, 0.2) is 6.61 Å². The Bertz CT molecular complexity index is 727. The van der Waals surface area contributed by atoms with Crippen LogP contribution in [0.4, 0.5) is 11.4 Å². The van der Waals surface area contributed by atoms with Crippen LogP contribution < -0.4 is 14.5 Å². The maximum absolute atomic E-state index is 12.8. The molecular weight excluding hydrogens is 312 g/mol. The van der Waals surface area contributed by atoms with Gasteiger partial charge < -0.3 is 14.5 Å². The molecule has 1 aliphatic rings. The molecule has 0 fully saturated rings.